The van der Waals surface area contributed by atoms with E-state index in [0.717, 1.165) is 23.3 Å². The second kappa shape index (κ2) is 8.82. The molecule has 0 saturated heterocycles. The number of aliphatic hydroxyl groups is 1. The van der Waals surface area contributed by atoms with Gasteiger partial charge in [0.05, 0.1) is 6.10 Å². The van der Waals surface area contributed by atoms with Gasteiger partial charge in [0.25, 0.3) is 0 Å². The summed E-state index contributed by atoms with van der Waals surface area (Å²) < 4.78 is 0. The number of rotatable bonds is 7. The van der Waals surface area contributed by atoms with Crippen LogP contribution < -0.4 is 10.6 Å². The lowest BCUT2D eigenvalue weighted by Gasteiger charge is -2.14. The van der Waals surface area contributed by atoms with Gasteiger partial charge in [0, 0.05) is 13.1 Å². The summed E-state index contributed by atoms with van der Waals surface area (Å²) in [5.41, 5.74) is 1.88. The Balaban J connectivity index is 2.28. The van der Waals surface area contributed by atoms with E-state index in [2.05, 4.69) is 10.6 Å². The van der Waals surface area contributed by atoms with Crippen molar-refractivity contribution in [1.82, 2.24) is 10.6 Å². The van der Waals surface area contributed by atoms with Gasteiger partial charge in [0.1, 0.15) is 0 Å². The zero-order chi connectivity index (χ0) is 14.1. The molecular weight excluding hydrogens is 260 g/mol. The summed E-state index contributed by atoms with van der Waals surface area (Å²) in [6.07, 6.45) is 2.33. The maximum absolute atomic E-state index is 11.5. The fourth-order valence-corrected chi connectivity index (χ4v) is 2.17. The van der Waals surface area contributed by atoms with Crippen LogP contribution in [0.25, 0.3) is 0 Å². The fourth-order valence-electron chi connectivity index (χ4n) is 1.74. The molecule has 1 unspecified atom stereocenters. The van der Waals surface area contributed by atoms with Crippen LogP contribution >= 0.6 is 11.8 Å². The summed E-state index contributed by atoms with van der Waals surface area (Å²) >= 11 is 1.76. The quantitative estimate of drug-likeness (QED) is 0.671. The van der Waals surface area contributed by atoms with Crippen molar-refractivity contribution < 1.29 is 9.90 Å². The summed E-state index contributed by atoms with van der Waals surface area (Å²) in [7, 11) is 0. The second-order valence-electron chi connectivity index (χ2n) is 4.36. The number of carbonyl (C=O) groups is 1. The molecular formula is C14H22N2O2S. The highest BCUT2D eigenvalue weighted by molar-refractivity contribution is 7.98. The summed E-state index contributed by atoms with van der Waals surface area (Å²) in [5.74, 6) is 1.03. The number of hydrogen-bond donors (Lipinski definition) is 3. The zero-order valence-corrected chi connectivity index (χ0v) is 12.3. The Labute approximate surface area is 119 Å². The number of nitrogens with one attached hydrogen (secondary N) is 2. The Morgan fingerprint density at radius 3 is 2.79 bits per heavy atom. The molecule has 0 aromatic heterocycles. The number of hydrogen-bond acceptors (Lipinski definition) is 3. The van der Waals surface area contributed by atoms with E-state index in [-0.39, 0.29) is 12.6 Å². The monoisotopic (exact) mass is 282 g/mol. The minimum atomic E-state index is -0.668. The Morgan fingerprint density at radius 1 is 1.37 bits per heavy atom. The predicted octanol–water partition coefficient (Wildman–Crippen LogP) is 2.08. The molecule has 0 saturated carbocycles. The van der Waals surface area contributed by atoms with Gasteiger partial charge in [-0.25, -0.2) is 4.79 Å². The second-order valence-corrected chi connectivity index (χ2v) is 5.34. The van der Waals surface area contributed by atoms with Gasteiger partial charge < -0.3 is 15.7 Å². The summed E-state index contributed by atoms with van der Waals surface area (Å²) in [5, 5.41) is 15.5. The molecule has 1 rings (SSSR count). The first-order chi connectivity index (χ1) is 9.15. The average Bonchev–Trinajstić information content (AvgIpc) is 2.41. The van der Waals surface area contributed by atoms with Gasteiger partial charge in [-0.3, -0.25) is 0 Å². The van der Waals surface area contributed by atoms with E-state index in [9.17, 15) is 9.90 Å². The van der Waals surface area contributed by atoms with E-state index in [4.69, 9.17) is 0 Å². The molecule has 1 aromatic carbocycles. The smallest absolute Gasteiger partial charge is 0.314 e. The molecule has 0 aliphatic carbocycles. The normalized spacial score (nSPS) is 11.9. The number of benzene rings is 1. The van der Waals surface area contributed by atoms with Crippen molar-refractivity contribution in [1.29, 1.82) is 0 Å². The van der Waals surface area contributed by atoms with Crippen LogP contribution in [0.5, 0.6) is 0 Å². The third kappa shape index (κ3) is 5.98. The van der Waals surface area contributed by atoms with Gasteiger partial charge in [-0.1, -0.05) is 24.3 Å². The molecule has 19 heavy (non-hydrogen) atoms. The van der Waals surface area contributed by atoms with Gasteiger partial charge in [0.2, 0.25) is 0 Å². The number of urea groups is 1. The molecule has 2 amide bonds. The summed E-state index contributed by atoms with van der Waals surface area (Å²) in [4.78, 5) is 11.5. The summed E-state index contributed by atoms with van der Waals surface area (Å²) in [6, 6.07) is 7.40. The largest absolute Gasteiger partial charge is 0.387 e. The SMILES string of the molecule is CSCCCNC(=O)NCC(O)c1ccccc1C. The maximum atomic E-state index is 11.5. The van der Waals surface area contributed by atoms with Gasteiger partial charge >= 0.3 is 6.03 Å². The van der Waals surface area contributed by atoms with Gasteiger partial charge in [0.15, 0.2) is 0 Å². The zero-order valence-electron chi connectivity index (χ0n) is 11.5. The molecule has 0 heterocycles. The number of thioether (sulfide) groups is 1. The molecule has 4 nitrogen and oxygen atoms in total. The van der Waals surface area contributed by atoms with E-state index in [1.807, 2.05) is 37.4 Å². The average molecular weight is 282 g/mol. The first kappa shape index (κ1) is 15.9. The summed E-state index contributed by atoms with van der Waals surface area (Å²) in [6.45, 7) is 2.83. The van der Waals surface area contributed by atoms with Crippen molar-refractivity contribution in [2.75, 3.05) is 25.1 Å². The maximum Gasteiger partial charge on any atom is 0.314 e. The molecule has 0 aliphatic rings. The highest BCUT2D eigenvalue weighted by Crippen LogP contribution is 2.15. The lowest BCUT2D eigenvalue weighted by Crippen LogP contribution is -2.38. The molecule has 1 aromatic rings. The van der Waals surface area contributed by atoms with Crippen molar-refractivity contribution in [2.24, 2.45) is 0 Å². The Morgan fingerprint density at radius 2 is 2.11 bits per heavy atom. The standard InChI is InChI=1S/C14H22N2O2S/c1-11-6-3-4-7-12(11)13(17)10-16-14(18)15-8-5-9-19-2/h3-4,6-7,13,17H,5,8-10H2,1-2H3,(H2,15,16,18). The van der Waals surface area contributed by atoms with Crippen molar-refractivity contribution in [3.63, 3.8) is 0 Å². The van der Waals surface area contributed by atoms with Crippen LogP contribution in [0.2, 0.25) is 0 Å². The Bertz CT molecular complexity index is 399. The van der Waals surface area contributed by atoms with E-state index >= 15 is 0 Å². The number of aryl methyl sites for hydroxylation is 1. The lowest BCUT2D eigenvalue weighted by atomic mass is 10.0. The first-order valence-corrected chi connectivity index (χ1v) is 7.78. The topological polar surface area (TPSA) is 61.4 Å². The molecule has 0 bridgehead atoms. The van der Waals surface area contributed by atoms with Crippen LogP contribution in [0.4, 0.5) is 4.79 Å². The fraction of sp³-hybridized carbons (Fsp3) is 0.500. The van der Waals surface area contributed by atoms with E-state index in [0.29, 0.717) is 6.54 Å². The number of carbonyl (C=O) groups excluding carboxylic acids is 1. The van der Waals surface area contributed by atoms with Gasteiger partial charge in [-0.05, 0) is 36.5 Å². The molecule has 0 radical (unpaired) electrons. The highest BCUT2D eigenvalue weighted by Gasteiger charge is 2.10. The van der Waals surface area contributed by atoms with Crippen molar-refractivity contribution in [3.8, 4) is 0 Å². The van der Waals surface area contributed by atoms with Gasteiger partial charge in [-0.15, -0.1) is 0 Å². The molecule has 5 heteroatoms. The van der Waals surface area contributed by atoms with Crippen LogP contribution in [0, 0.1) is 6.92 Å². The first-order valence-electron chi connectivity index (χ1n) is 6.39. The van der Waals surface area contributed by atoms with Crippen molar-refractivity contribution >= 4 is 17.8 Å². The number of amides is 2. The van der Waals surface area contributed by atoms with Crippen LogP contribution in [-0.4, -0.2) is 36.2 Å². The predicted molar refractivity (Wildman–Crippen MR) is 80.5 cm³/mol. The van der Waals surface area contributed by atoms with Crippen molar-refractivity contribution in [3.05, 3.63) is 35.4 Å². The minimum absolute atomic E-state index is 0.221. The number of aliphatic hydroxyl groups excluding tert-OH is 1. The van der Waals surface area contributed by atoms with Gasteiger partial charge in [-0.2, -0.15) is 11.8 Å². The lowest BCUT2D eigenvalue weighted by molar-refractivity contribution is 0.172. The van der Waals surface area contributed by atoms with Crippen LogP contribution in [0.15, 0.2) is 24.3 Å². The van der Waals surface area contributed by atoms with Crippen LogP contribution in [0.1, 0.15) is 23.7 Å². The van der Waals surface area contributed by atoms with E-state index in [1.54, 1.807) is 11.8 Å². The third-order valence-electron chi connectivity index (χ3n) is 2.81. The van der Waals surface area contributed by atoms with E-state index in [1.165, 1.54) is 0 Å². The molecule has 0 fully saturated rings. The molecule has 106 valence electrons. The van der Waals surface area contributed by atoms with Crippen LogP contribution in [-0.2, 0) is 0 Å². The van der Waals surface area contributed by atoms with E-state index < -0.39 is 6.10 Å². The van der Waals surface area contributed by atoms with Crippen molar-refractivity contribution in [2.45, 2.75) is 19.4 Å². The molecule has 0 aliphatic heterocycles. The Hall–Kier alpha value is -1.20. The Kier molecular flexibility index (Phi) is 7.36. The minimum Gasteiger partial charge on any atom is -0.387 e. The molecule has 1 atom stereocenters. The molecule has 3 N–H and O–H groups in total. The highest BCUT2D eigenvalue weighted by atomic mass is 32.2. The third-order valence-corrected chi connectivity index (χ3v) is 3.51. The van der Waals surface area contributed by atoms with Crippen LogP contribution in [0.3, 0.4) is 0 Å². The molecule has 0 spiro atoms.